The number of ether oxygens (including phenoxy) is 1. The minimum atomic E-state index is -0.328. The molecule has 0 saturated heterocycles. The Kier molecular flexibility index (Phi) is 3.72. The quantitative estimate of drug-likeness (QED) is 0.864. The van der Waals surface area contributed by atoms with Crippen LogP contribution in [0.2, 0.25) is 0 Å². The molecule has 0 unspecified atom stereocenters. The van der Waals surface area contributed by atoms with Crippen LogP contribution in [0, 0.1) is 0 Å². The Bertz CT molecular complexity index is 365. The van der Waals surface area contributed by atoms with Crippen LogP contribution in [-0.2, 0) is 0 Å². The zero-order valence-corrected chi connectivity index (χ0v) is 10.8. The molecule has 1 aromatic rings. The summed E-state index contributed by atoms with van der Waals surface area (Å²) in [5.74, 6) is 1.39. The van der Waals surface area contributed by atoms with Gasteiger partial charge in [-0.3, -0.25) is 0 Å². The molecule has 0 heterocycles. The van der Waals surface area contributed by atoms with E-state index in [-0.39, 0.29) is 12.2 Å². The number of rotatable bonds is 4. The predicted molar refractivity (Wildman–Crippen MR) is 69.4 cm³/mol. The largest absolute Gasteiger partial charge is 0.485 e. The second-order valence-electron chi connectivity index (χ2n) is 5.34. The Morgan fingerprint density at radius 2 is 1.88 bits per heavy atom. The maximum absolute atomic E-state index is 9.58. The van der Waals surface area contributed by atoms with Gasteiger partial charge in [0.15, 0.2) is 0 Å². The third-order valence-corrected chi connectivity index (χ3v) is 3.67. The fourth-order valence-electron chi connectivity index (χ4n) is 2.60. The molecule has 2 rings (SSSR count). The molecule has 17 heavy (non-hydrogen) atoms. The number of hydrogen-bond donors (Lipinski definition) is 1. The molecule has 1 fully saturated rings. The van der Waals surface area contributed by atoms with Gasteiger partial charge in [-0.1, -0.05) is 32.0 Å². The minimum Gasteiger partial charge on any atom is -0.485 e. The third kappa shape index (κ3) is 2.63. The van der Waals surface area contributed by atoms with E-state index in [4.69, 9.17) is 4.74 Å². The molecule has 94 valence electrons. The number of aliphatic hydroxyl groups is 1. The third-order valence-electron chi connectivity index (χ3n) is 3.67. The van der Waals surface area contributed by atoms with Gasteiger partial charge in [0.1, 0.15) is 11.4 Å². The lowest BCUT2D eigenvalue weighted by Crippen LogP contribution is -2.37. The van der Waals surface area contributed by atoms with Crippen molar-refractivity contribution in [2.24, 2.45) is 0 Å². The van der Waals surface area contributed by atoms with E-state index >= 15 is 0 Å². The van der Waals surface area contributed by atoms with Gasteiger partial charge in [-0.25, -0.2) is 0 Å². The summed E-state index contributed by atoms with van der Waals surface area (Å²) in [6.07, 6.45) is 4.25. The number of hydrogen-bond acceptors (Lipinski definition) is 2. The minimum absolute atomic E-state index is 0.124. The summed E-state index contributed by atoms with van der Waals surface area (Å²) in [6, 6.07) is 8.18. The fraction of sp³-hybridized carbons (Fsp3) is 0.600. The highest BCUT2D eigenvalue weighted by molar-refractivity contribution is 5.36. The number of para-hydroxylation sites is 1. The molecule has 2 heteroatoms. The topological polar surface area (TPSA) is 29.5 Å². The van der Waals surface area contributed by atoms with Crippen molar-refractivity contribution in [3.05, 3.63) is 29.8 Å². The van der Waals surface area contributed by atoms with E-state index in [2.05, 4.69) is 19.9 Å². The molecule has 0 atom stereocenters. The van der Waals surface area contributed by atoms with Crippen LogP contribution >= 0.6 is 0 Å². The first kappa shape index (κ1) is 12.4. The first-order valence-corrected chi connectivity index (χ1v) is 6.56. The molecular formula is C15H22O2. The normalized spacial score (nSPS) is 18.6. The van der Waals surface area contributed by atoms with Crippen LogP contribution in [0.15, 0.2) is 24.3 Å². The van der Waals surface area contributed by atoms with E-state index in [1.807, 2.05) is 18.2 Å². The monoisotopic (exact) mass is 234 g/mol. The summed E-state index contributed by atoms with van der Waals surface area (Å²) in [5, 5.41) is 9.58. The zero-order chi connectivity index (χ0) is 12.3. The molecule has 0 spiro atoms. The van der Waals surface area contributed by atoms with Gasteiger partial charge < -0.3 is 9.84 Å². The molecule has 1 aliphatic rings. The summed E-state index contributed by atoms with van der Waals surface area (Å²) >= 11 is 0. The first-order valence-electron chi connectivity index (χ1n) is 6.56. The van der Waals surface area contributed by atoms with E-state index in [1.165, 1.54) is 5.56 Å². The summed E-state index contributed by atoms with van der Waals surface area (Å²) in [5.41, 5.74) is 0.901. The maximum atomic E-state index is 9.58. The van der Waals surface area contributed by atoms with Crippen molar-refractivity contribution in [1.82, 2.24) is 0 Å². The van der Waals surface area contributed by atoms with Crippen LogP contribution in [0.25, 0.3) is 0 Å². The molecule has 0 amide bonds. The fourth-order valence-corrected chi connectivity index (χ4v) is 2.60. The van der Waals surface area contributed by atoms with Gasteiger partial charge in [0.2, 0.25) is 0 Å². The number of aliphatic hydroxyl groups excluding tert-OH is 1. The summed E-state index contributed by atoms with van der Waals surface area (Å²) < 4.78 is 6.15. The van der Waals surface area contributed by atoms with Crippen molar-refractivity contribution in [3.8, 4) is 5.75 Å². The van der Waals surface area contributed by atoms with Crippen molar-refractivity contribution in [3.63, 3.8) is 0 Å². The average molecular weight is 234 g/mol. The Labute approximate surface area is 104 Å². The predicted octanol–water partition coefficient (Wildman–Crippen LogP) is 3.49. The molecule has 0 bridgehead atoms. The molecule has 1 aliphatic carbocycles. The highest BCUT2D eigenvalue weighted by atomic mass is 16.5. The van der Waals surface area contributed by atoms with E-state index < -0.39 is 0 Å². The zero-order valence-electron chi connectivity index (χ0n) is 10.8. The molecule has 0 radical (unpaired) electrons. The van der Waals surface area contributed by atoms with Gasteiger partial charge in [-0.05, 0) is 43.2 Å². The lowest BCUT2D eigenvalue weighted by Gasteiger charge is -2.29. The maximum Gasteiger partial charge on any atom is 0.132 e. The molecule has 1 aromatic carbocycles. The van der Waals surface area contributed by atoms with Gasteiger partial charge in [0.25, 0.3) is 0 Å². The van der Waals surface area contributed by atoms with Crippen molar-refractivity contribution >= 4 is 0 Å². The molecule has 2 nitrogen and oxygen atoms in total. The van der Waals surface area contributed by atoms with E-state index in [9.17, 15) is 5.11 Å². The Morgan fingerprint density at radius 1 is 1.24 bits per heavy atom. The lowest BCUT2D eigenvalue weighted by molar-refractivity contribution is 0.0143. The van der Waals surface area contributed by atoms with Crippen LogP contribution in [0.4, 0.5) is 0 Å². The van der Waals surface area contributed by atoms with Gasteiger partial charge in [-0.15, -0.1) is 0 Å². The Hall–Kier alpha value is -1.02. The van der Waals surface area contributed by atoms with Gasteiger partial charge in [-0.2, -0.15) is 0 Å². The number of benzene rings is 1. The second-order valence-corrected chi connectivity index (χ2v) is 5.34. The van der Waals surface area contributed by atoms with Crippen LogP contribution in [0.3, 0.4) is 0 Å². The van der Waals surface area contributed by atoms with Crippen LogP contribution in [0.1, 0.15) is 51.0 Å². The molecule has 0 aliphatic heterocycles. The van der Waals surface area contributed by atoms with Crippen LogP contribution in [0.5, 0.6) is 5.75 Å². The van der Waals surface area contributed by atoms with Gasteiger partial charge in [0.05, 0.1) is 6.61 Å². The summed E-state index contributed by atoms with van der Waals surface area (Å²) in [7, 11) is 0. The standard InChI is InChI=1S/C15H22O2/c1-12(2)13-7-3-4-8-14(13)17-15(11-16)9-5-6-10-15/h3-4,7-8,12,16H,5-6,9-11H2,1-2H3. The Morgan fingerprint density at radius 3 is 2.47 bits per heavy atom. The van der Waals surface area contributed by atoms with E-state index in [1.54, 1.807) is 0 Å². The lowest BCUT2D eigenvalue weighted by atomic mass is 10.00. The average Bonchev–Trinajstić information content (AvgIpc) is 2.79. The van der Waals surface area contributed by atoms with Crippen molar-refractivity contribution in [1.29, 1.82) is 0 Å². The van der Waals surface area contributed by atoms with Crippen LogP contribution < -0.4 is 4.74 Å². The van der Waals surface area contributed by atoms with E-state index in [0.717, 1.165) is 31.4 Å². The molecule has 0 aromatic heterocycles. The summed E-state index contributed by atoms with van der Waals surface area (Å²) in [4.78, 5) is 0. The smallest absolute Gasteiger partial charge is 0.132 e. The van der Waals surface area contributed by atoms with Crippen molar-refractivity contribution < 1.29 is 9.84 Å². The SMILES string of the molecule is CC(C)c1ccccc1OC1(CO)CCCC1. The van der Waals surface area contributed by atoms with Gasteiger partial charge in [0, 0.05) is 0 Å². The van der Waals surface area contributed by atoms with Crippen LogP contribution in [-0.4, -0.2) is 17.3 Å². The first-order chi connectivity index (χ1) is 8.17. The Balaban J connectivity index is 2.22. The molecule has 1 saturated carbocycles. The van der Waals surface area contributed by atoms with E-state index in [0.29, 0.717) is 5.92 Å². The van der Waals surface area contributed by atoms with Crippen molar-refractivity contribution in [2.45, 2.75) is 51.0 Å². The summed E-state index contributed by atoms with van der Waals surface area (Å²) in [6.45, 7) is 4.46. The highest BCUT2D eigenvalue weighted by Gasteiger charge is 2.35. The molecule has 1 N–H and O–H groups in total. The molecular weight excluding hydrogens is 212 g/mol. The highest BCUT2D eigenvalue weighted by Crippen LogP contribution is 2.36. The van der Waals surface area contributed by atoms with Gasteiger partial charge >= 0.3 is 0 Å². The second kappa shape index (κ2) is 5.09. The van der Waals surface area contributed by atoms with Crippen molar-refractivity contribution in [2.75, 3.05) is 6.61 Å².